The Morgan fingerprint density at radius 1 is 1.44 bits per heavy atom. The van der Waals surface area contributed by atoms with Crippen molar-refractivity contribution < 1.29 is 9.84 Å². The summed E-state index contributed by atoms with van der Waals surface area (Å²) in [5.74, 6) is 0. The molecule has 4 nitrogen and oxygen atoms in total. The zero-order chi connectivity index (χ0) is 13.8. The van der Waals surface area contributed by atoms with Gasteiger partial charge in [0.15, 0.2) is 0 Å². The Labute approximate surface area is 112 Å². The predicted octanol–water partition coefficient (Wildman–Crippen LogP) is 1.23. The number of rotatable bonds is 9. The SMILES string of the molecule is COC(C)CN(C)C(C)CC(C)(CO)NC1CC1. The summed E-state index contributed by atoms with van der Waals surface area (Å²) in [4.78, 5) is 2.30. The molecule has 0 spiro atoms. The van der Waals surface area contributed by atoms with Gasteiger partial charge in [0.05, 0.1) is 12.7 Å². The third-order valence-electron chi connectivity index (χ3n) is 3.92. The van der Waals surface area contributed by atoms with Crippen LogP contribution in [-0.4, -0.2) is 61.0 Å². The zero-order valence-electron chi connectivity index (χ0n) is 12.6. The molecular formula is C14H30N2O2. The van der Waals surface area contributed by atoms with Crippen LogP contribution in [0.25, 0.3) is 0 Å². The molecule has 0 aliphatic heterocycles. The van der Waals surface area contributed by atoms with Crippen molar-refractivity contribution in [2.75, 3.05) is 27.3 Å². The predicted molar refractivity (Wildman–Crippen MR) is 74.8 cm³/mol. The molecular weight excluding hydrogens is 228 g/mol. The Kier molecular flexibility index (Phi) is 6.05. The Morgan fingerprint density at radius 3 is 2.50 bits per heavy atom. The highest BCUT2D eigenvalue weighted by Gasteiger charge is 2.33. The third-order valence-corrected chi connectivity index (χ3v) is 3.92. The van der Waals surface area contributed by atoms with E-state index in [0.717, 1.165) is 13.0 Å². The molecule has 0 aromatic heterocycles. The first-order chi connectivity index (χ1) is 8.40. The van der Waals surface area contributed by atoms with E-state index in [0.29, 0.717) is 12.1 Å². The van der Waals surface area contributed by atoms with Crippen LogP contribution in [0, 0.1) is 0 Å². The summed E-state index contributed by atoms with van der Waals surface area (Å²) >= 11 is 0. The Morgan fingerprint density at radius 2 is 2.06 bits per heavy atom. The normalized spacial score (nSPS) is 22.8. The first kappa shape index (κ1) is 15.9. The second kappa shape index (κ2) is 6.85. The summed E-state index contributed by atoms with van der Waals surface area (Å²) in [5, 5.41) is 13.2. The van der Waals surface area contributed by atoms with Crippen LogP contribution < -0.4 is 5.32 Å². The second-order valence-corrected chi connectivity index (χ2v) is 6.18. The van der Waals surface area contributed by atoms with Crippen LogP contribution in [0.1, 0.15) is 40.0 Å². The molecule has 0 bridgehead atoms. The number of aliphatic hydroxyl groups excluding tert-OH is 1. The van der Waals surface area contributed by atoms with Gasteiger partial charge in [0.2, 0.25) is 0 Å². The second-order valence-electron chi connectivity index (χ2n) is 6.18. The van der Waals surface area contributed by atoms with Gasteiger partial charge in [0, 0.05) is 31.3 Å². The average Bonchev–Trinajstić information content (AvgIpc) is 3.12. The van der Waals surface area contributed by atoms with Crippen LogP contribution in [0.2, 0.25) is 0 Å². The van der Waals surface area contributed by atoms with Crippen molar-refractivity contribution in [3.8, 4) is 0 Å². The summed E-state index contributed by atoms with van der Waals surface area (Å²) in [6.07, 6.45) is 3.70. The van der Waals surface area contributed by atoms with Crippen molar-refractivity contribution in [1.82, 2.24) is 10.2 Å². The van der Waals surface area contributed by atoms with Crippen LogP contribution >= 0.6 is 0 Å². The molecule has 108 valence electrons. The molecule has 0 saturated heterocycles. The van der Waals surface area contributed by atoms with Gasteiger partial charge in [-0.15, -0.1) is 0 Å². The zero-order valence-corrected chi connectivity index (χ0v) is 12.6. The van der Waals surface area contributed by atoms with E-state index in [1.807, 2.05) is 0 Å². The fourth-order valence-electron chi connectivity index (χ4n) is 2.36. The highest BCUT2D eigenvalue weighted by molar-refractivity contribution is 4.94. The molecule has 0 heterocycles. The van der Waals surface area contributed by atoms with E-state index >= 15 is 0 Å². The summed E-state index contributed by atoms with van der Waals surface area (Å²) in [5.41, 5.74) is -0.162. The van der Waals surface area contributed by atoms with Crippen molar-refractivity contribution >= 4 is 0 Å². The lowest BCUT2D eigenvalue weighted by Crippen LogP contribution is -2.51. The van der Waals surface area contributed by atoms with E-state index in [-0.39, 0.29) is 18.2 Å². The fourth-order valence-corrected chi connectivity index (χ4v) is 2.36. The van der Waals surface area contributed by atoms with E-state index in [2.05, 4.69) is 38.0 Å². The van der Waals surface area contributed by atoms with Crippen LogP contribution in [0.3, 0.4) is 0 Å². The fraction of sp³-hybridized carbons (Fsp3) is 1.00. The first-order valence-corrected chi connectivity index (χ1v) is 7.02. The van der Waals surface area contributed by atoms with Gasteiger partial charge < -0.3 is 20.1 Å². The summed E-state index contributed by atoms with van der Waals surface area (Å²) < 4.78 is 5.30. The highest BCUT2D eigenvalue weighted by atomic mass is 16.5. The quantitative estimate of drug-likeness (QED) is 0.653. The maximum Gasteiger partial charge on any atom is 0.0670 e. The topological polar surface area (TPSA) is 44.7 Å². The number of nitrogens with one attached hydrogen (secondary N) is 1. The van der Waals surface area contributed by atoms with Crippen molar-refractivity contribution in [2.24, 2.45) is 0 Å². The van der Waals surface area contributed by atoms with Crippen LogP contribution in [-0.2, 0) is 4.74 Å². The molecule has 1 aliphatic carbocycles. The standard InChI is InChI=1S/C14H30N2O2/c1-11(16(4)9-12(2)18-5)8-14(3,10-17)15-13-6-7-13/h11-13,15,17H,6-10H2,1-5H3. The molecule has 1 aliphatic rings. The number of hydrogen-bond acceptors (Lipinski definition) is 4. The molecule has 0 aromatic rings. The Balaban J connectivity index is 2.41. The van der Waals surface area contributed by atoms with E-state index in [4.69, 9.17) is 4.74 Å². The average molecular weight is 258 g/mol. The number of methoxy groups -OCH3 is 1. The molecule has 3 atom stereocenters. The minimum Gasteiger partial charge on any atom is -0.394 e. The highest BCUT2D eigenvalue weighted by Crippen LogP contribution is 2.25. The largest absolute Gasteiger partial charge is 0.394 e. The van der Waals surface area contributed by atoms with Crippen molar-refractivity contribution in [3.63, 3.8) is 0 Å². The summed E-state index contributed by atoms with van der Waals surface area (Å²) in [6, 6.07) is 1.04. The van der Waals surface area contributed by atoms with Crippen molar-refractivity contribution in [3.05, 3.63) is 0 Å². The minimum absolute atomic E-state index is 0.162. The molecule has 1 rings (SSSR count). The van der Waals surface area contributed by atoms with Gasteiger partial charge in [-0.25, -0.2) is 0 Å². The monoisotopic (exact) mass is 258 g/mol. The van der Waals surface area contributed by atoms with Crippen molar-refractivity contribution in [2.45, 2.75) is 63.8 Å². The van der Waals surface area contributed by atoms with Gasteiger partial charge in [0.1, 0.15) is 0 Å². The van der Waals surface area contributed by atoms with E-state index in [1.165, 1.54) is 12.8 Å². The van der Waals surface area contributed by atoms with Crippen LogP contribution in [0.5, 0.6) is 0 Å². The number of hydrogen-bond donors (Lipinski definition) is 2. The van der Waals surface area contributed by atoms with Crippen molar-refractivity contribution in [1.29, 1.82) is 0 Å². The van der Waals surface area contributed by atoms with Crippen LogP contribution in [0.15, 0.2) is 0 Å². The molecule has 0 aromatic carbocycles. The Bertz CT molecular complexity index is 246. The lowest BCUT2D eigenvalue weighted by molar-refractivity contribution is 0.0609. The molecule has 0 amide bonds. The van der Waals surface area contributed by atoms with Gasteiger partial charge in [-0.3, -0.25) is 0 Å². The molecule has 1 saturated carbocycles. The lowest BCUT2D eigenvalue weighted by atomic mass is 9.93. The molecule has 3 unspecified atom stereocenters. The summed E-state index contributed by atoms with van der Waals surface area (Å²) in [6.45, 7) is 7.53. The number of ether oxygens (including phenoxy) is 1. The van der Waals surface area contributed by atoms with E-state index in [1.54, 1.807) is 7.11 Å². The number of nitrogens with zero attached hydrogens (tertiary/aromatic N) is 1. The summed E-state index contributed by atoms with van der Waals surface area (Å²) in [7, 11) is 3.87. The minimum atomic E-state index is -0.162. The van der Waals surface area contributed by atoms with Gasteiger partial charge >= 0.3 is 0 Å². The molecule has 2 N–H and O–H groups in total. The lowest BCUT2D eigenvalue weighted by Gasteiger charge is -2.36. The van der Waals surface area contributed by atoms with Gasteiger partial charge in [-0.1, -0.05) is 0 Å². The van der Waals surface area contributed by atoms with E-state index in [9.17, 15) is 5.11 Å². The molecule has 0 radical (unpaired) electrons. The smallest absolute Gasteiger partial charge is 0.0670 e. The third kappa shape index (κ3) is 5.22. The van der Waals surface area contributed by atoms with E-state index < -0.39 is 0 Å². The molecule has 4 heteroatoms. The van der Waals surface area contributed by atoms with Gasteiger partial charge in [-0.05, 0) is 47.1 Å². The van der Waals surface area contributed by atoms with Gasteiger partial charge in [-0.2, -0.15) is 0 Å². The number of aliphatic hydroxyl groups is 1. The molecule has 18 heavy (non-hydrogen) atoms. The molecule has 1 fully saturated rings. The first-order valence-electron chi connectivity index (χ1n) is 7.02. The number of likely N-dealkylation sites (N-methyl/N-ethyl adjacent to an activating group) is 1. The Hall–Kier alpha value is -0.160. The van der Waals surface area contributed by atoms with Gasteiger partial charge in [0.25, 0.3) is 0 Å². The maximum atomic E-state index is 9.61. The van der Waals surface area contributed by atoms with Crippen LogP contribution in [0.4, 0.5) is 0 Å². The maximum absolute atomic E-state index is 9.61.